The fourth-order valence-corrected chi connectivity index (χ4v) is 3.89. The van der Waals surface area contributed by atoms with Crippen LogP contribution in [-0.2, 0) is 19.0 Å². The molecule has 128 valence electrons. The van der Waals surface area contributed by atoms with E-state index in [1.807, 2.05) is 4.90 Å². The molecule has 2 aliphatic rings. The van der Waals surface area contributed by atoms with Crippen LogP contribution in [-0.4, -0.2) is 89.1 Å². The summed E-state index contributed by atoms with van der Waals surface area (Å²) in [5.41, 5.74) is 0.334. The molecule has 1 amide bonds. The molecule has 0 aliphatic carbocycles. The molecule has 0 aromatic carbocycles. The minimum Gasteiger partial charge on any atom is -0.383 e. The summed E-state index contributed by atoms with van der Waals surface area (Å²) in [7, 11) is 5.09. The van der Waals surface area contributed by atoms with E-state index >= 15 is 0 Å². The largest absolute Gasteiger partial charge is 0.383 e. The van der Waals surface area contributed by atoms with Crippen molar-refractivity contribution in [1.29, 1.82) is 0 Å². The molecule has 0 saturated carbocycles. The second-order valence-corrected chi connectivity index (χ2v) is 6.59. The minimum absolute atomic E-state index is 0.111. The zero-order valence-corrected chi connectivity index (χ0v) is 14.2. The van der Waals surface area contributed by atoms with Crippen LogP contribution in [0.3, 0.4) is 0 Å². The monoisotopic (exact) mass is 314 g/mol. The summed E-state index contributed by atoms with van der Waals surface area (Å²) in [5, 5.41) is 0. The second kappa shape index (κ2) is 8.24. The van der Waals surface area contributed by atoms with Gasteiger partial charge in [-0.25, -0.2) is 0 Å². The van der Waals surface area contributed by atoms with Crippen LogP contribution in [0.25, 0.3) is 0 Å². The van der Waals surface area contributed by atoms with Crippen LogP contribution >= 0.6 is 0 Å². The molecule has 2 rings (SSSR count). The lowest BCUT2D eigenvalue weighted by atomic mass is 9.76. The van der Waals surface area contributed by atoms with Crippen molar-refractivity contribution in [3.8, 4) is 0 Å². The topological polar surface area (TPSA) is 51.2 Å². The summed E-state index contributed by atoms with van der Waals surface area (Å²) in [4.78, 5) is 16.4. The van der Waals surface area contributed by atoms with Crippen molar-refractivity contribution < 1.29 is 19.0 Å². The van der Waals surface area contributed by atoms with Crippen molar-refractivity contribution >= 4 is 5.91 Å². The smallest absolute Gasteiger partial charge is 0.248 e. The third-order valence-electron chi connectivity index (χ3n) is 5.11. The van der Waals surface area contributed by atoms with Gasteiger partial charge >= 0.3 is 0 Å². The SMILES string of the molecule is COCCN1CC2(CCN(C(=O)COC)CC2)CC1COC. The fourth-order valence-electron chi connectivity index (χ4n) is 3.89. The maximum absolute atomic E-state index is 11.9. The Balaban J connectivity index is 1.91. The van der Waals surface area contributed by atoms with Gasteiger partial charge in [0.05, 0.1) is 13.2 Å². The van der Waals surface area contributed by atoms with Gasteiger partial charge in [0.25, 0.3) is 0 Å². The second-order valence-electron chi connectivity index (χ2n) is 6.59. The van der Waals surface area contributed by atoms with Crippen molar-refractivity contribution in [1.82, 2.24) is 9.80 Å². The first kappa shape index (κ1) is 17.7. The van der Waals surface area contributed by atoms with Crippen LogP contribution < -0.4 is 0 Å². The van der Waals surface area contributed by atoms with Gasteiger partial charge in [-0.05, 0) is 24.7 Å². The van der Waals surface area contributed by atoms with E-state index in [4.69, 9.17) is 14.2 Å². The van der Waals surface area contributed by atoms with Gasteiger partial charge < -0.3 is 19.1 Å². The minimum atomic E-state index is 0.111. The Morgan fingerprint density at radius 2 is 1.86 bits per heavy atom. The Bertz CT molecular complexity index is 356. The Hall–Kier alpha value is -0.690. The lowest BCUT2D eigenvalue weighted by Gasteiger charge is -2.39. The molecule has 2 aliphatic heterocycles. The van der Waals surface area contributed by atoms with Gasteiger partial charge in [-0.2, -0.15) is 0 Å². The molecule has 2 fully saturated rings. The van der Waals surface area contributed by atoms with E-state index < -0.39 is 0 Å². The van der Waals surface area contributed by atoms with E-state index in [1.54, 1.807) is 21.3 Å². The predicted octanol–water partition coefficient (Wildman–Crippen LogP) is 0.609. The highest BCUT2D eigenvalue weighted by Crippen LogP contribution is 2.43. The van der Waals surface area contributed by atoms with Crippen LogP contribution in [0.2, 0.25) is 0 Å². The lowest BCUT2D eigenvalue weighted by Crippen LogP contribution is -2.45. The van der Waals surface area contributed by atoms with Crippen LogP contribution in [0.4, 0.5) is 0 Å². The molecule has 1 spiro atoms. The molecule has 0 aromatic rings. The summed E-state index contributed by atoms with van der Waals surface area (Å²) < 4.78 is 15.6. The molecule has 22 heavy (non-hydrogen) atoms. The standard InChI is InChI=1S/C16H30N2O4/c1-20-9-8-18-13-16(10-14(18)11-21-2)4-6-17(7-5-16)15(19)12-22-3/h14H,4-13H2,1-3H3. The zero-order valence-electron chi connectivity index (χ0n) is 14.2. The third kappa shape index (κ3) is 4.19. The van der Waals surface area contributed by atoms with Gasteiger partial charge in [0.2, 0.25) is 5.91 Å². The van der Waals surface area contributed by atoms with Crippen LogP contribution in [0.5, 0.6) is 0 Å². The number of hydrogen-bond acceptors (Lipinski definition) is 5. The van der Waals surface area contributed by atoms with Gasteiger partial charge in [0.15, 0.2) is 0 Å². The van der Waals surface area contributed by atoms with Gasteiger partial charge in [-0.1, -0.05) is 0 Å². The van der Waals surface area contributed by atoms with E-state index in [2.05, 4.69) is 4.90 Å². The van der Waals surface area contributed by atoms with Crippen molar-refractivity contribution in [2.75, 3.05) is 67.3 Å². The molecule has 2 heterocycles. The molecule has 0 radical (unpaired) electrons. The average Bonchev–Trinajstić information content (AvgIpc) is 2.84. The van der Waals surface area contributed by atoms with Crippen molar-refractivity contribution in [2.24, 2.45) is 5.41 Å². The predicted molar refractivity (Wildman–Crippen MR) is 83.9 cm³/mol. The first-order valence-electron chi connectivity index (χ1n) is 8.13. The van der Waals surface area contributed by atoms with Crippen LogP contribution in [0.1, 0.15) is 19.3 Å². The number of piperidine rings is 1. The normalized spacial score (nSPS) is 25.0. The Labute approximate surface area is 133 Å². The first-order valence-corrected chi connectivity index (χ1v) is 8.13. The summed E-state index contributed by atoms with van der Waals surface area (Å²) in [6.45, 7) is 5.47. The number of rotatable bonds is 7. The van der Waals surface area contributed by atoms with E-state index in [0.29, 0.717) is 11.5 Å². The highest BCUT2D eigenvalue weighted by molar-refractivity contribution is 5.77. The van der Waals surface area contributed by atoms with E-state index in [1.165, 1.54) is 0 Å². The number of methoxy groups -OCH3 is 3. The van der Waals surface area contributed by atoms with Gasteiger partial charge in [-0.3, -0.25) is 9.69 Å². The fraction of sp³-hybridized carbons (Fsp3) is 0.938. The Morgan fingerprint density at radius 3 is 2.45 bits per heavy atom. The number of hydrogen-bond donors (Lipinski definition) is 0. The summed E-state index contributed by atoms with van der Waals surface area (Å²) in [6, 6.07) is 0.473. The summed E-state index contributed by atoms with van der Waals surface area (Å²) in [5.74, 6) is 0.111. The van der Waals surface area contributed by atoms with Gasteiger partial charge in [0, 0.05) is 53.6 Å². The molecule has 1 unspecified atom stereocenters. The van der Waals surface area contributed by atoms with Crippen LogP contribution in [0.15, 0.2) is 0 Å². The molecule has 6 nitrogen and oxygen atoms in total. The number of amides is 1. The van der Waals surface area contributed by atoms with Crippen molar-refractivity contribution in [3.05, 3.63) is 0 Å². The van der Waals surface area contributed by atoms with Crippen molar-refractivity contribution in [3.63, 3.8) is 0 Å². The van der Waals surface area contributed by atoms with E-state index in [9.17, 15) is 4.79 Å². The number of carbonyl (C=O) groups is 1. The number of ether oxygens (including phenoxy) is 3. The highest BCUT2D eigenvalue weighted by Gasteiger charge is 2.45. The van der Waals surface area contributed by atoms with Crippen LogP contribution in [0, 0.1) is 5.41 Å². The quantitative estimate of drug-likeness (QED) is 0.689. The molecule has 0 aromatic heterocycles. The van der Waals surface area contributed by atoms with Gasteiger partial charge in [-0.15, -0.1) is 0 Å². The zero-order chi connectivity index (χ0) is 16.0. The maximum Gasteiger partial charge on any atom is 0.248 e. The molecule has 1 atom stereocenters. The maximum atomic E-state index is 11.9. The first-order chi connectivity index (χ1) is 10.6. The molecular weight excluding hydrogens is 284 g/mol. The number of nitrogens with zero attached hydrogens (tertiary/aromatic N) is 2. The van der Waals surface area contributed by atoms with Crippen molar-refractivity contribution in [2.45, 2.75) is 25.3 Å². The molecule has 0 bridgehead atoms. The molecule has 2 saturated heterocycles. The Morgan fingerprint density at radius 1 is 1.14 bits per heavy atom. The molecule has 6 heteroatoms. The summed E-state index contributed by atoms with van der Waals surface area (Å²) >= 11 is 0. The number of carbonyl (C=O) groups excluding carboxylic acids is 1. The Kier molecular flexibility index (Phi) is 6.62. The highest BCUT2D eigenvalue weighted by atomic mass is 16.5. The van der Waals surface area contributed by atoms with E-state index in [-0.39, 0.29) is 12.5 Å². The van der Waals surface area contributed by atoms with E-state index in [0.717, 1.165) is 58.7 Å². The average molecular weight is 314 g/mol. The third-order valence-corrected chi connectivity index (χ3v) is 5.11. The summed E-state index contributed by atoms with van der Waals surface area (Å²) in [6.07, 6.45) is 3.31. The lowest BCUT2D eigenvalue weighted by molar-refractivity contribution is -0.137. The van der Waals surface area contributed by atoms with Gasteiger partial charge in [0.1, 0.15) is 6.61 Å². The molecule has 0 N–H and O–H groups in total. The molecular formula is C16H30N2O4. The number of likely N-dealkylation sites (tertiary alicyclic amines) is 2.